The van der Waals surface area contributed by atoms with Gasteiger partial charge in [-0.15, -0.1) is 0 Å². The summed E-state index contributed by atoms with van der Waals surface area (Å²) in [5.41, 5.74) is 1.50. The third kappa shape index (κ3) is 5.10. The van der Waals surface area contributed by atoms with Crippen molar-refractivity contribution in [3.8, 4) is 0 Å². The first kappa shape index (κ1) is 16.4. The Hall–Kier alpha value is -1.96. The van der Waals surface area contributed by atoms with Crippen LogP contribution in [0.3, 0.4) is 0 Å². The molecule has 0 saturated heterocycles. The quantitative estimate of drug-likeness (QED) is 0.715. The second-order valence-electron chi connectivity index (χ2n) is 4.58. The molecule has 1 aromatic carbocycles. The molecule has 5 nitrogen and oxygen atoms in total. The van der Waals surface area contributed by atoms with E-state index in [0.29, 0.717) is 18.5 Å². The number of pyridine rings is 1. The molecule has 0 aliphatic heterocycles. The van der Waals surface area contributed by atoms with Crippen molar-refractivity contribution in [1.29, 1.82) is 0 Å². The molecule has 0 saturated carbocycles. The molecule has 0 unspecified atom stereocenters. The molecule has 1 heterocycles. The second kappa shape index (κ2) is 8.47. The Morgan fingerprint density at radius 1 is 1.05 bits per heavy atom. The molecule has 2 N–H and O–H groups in total. The van der Waals surface area contributed by atoms with E-state index in [-0.39, 0.29) is 18.4 Å². The van der Waals surface area contributed by atoms with Crippen molar-refractivity contribution in [2.45, 2.75) is 6.42 Å². The number of halogens is 1. The number of nitrogens with one attached hydrogen (secondary N) is 2. The lowest BCUT2D eigenvalue weighted by Gasteiger charge is -2.08. The van der Waals surface area contributed by atoms with Crippen LogP contribution in [0.4, 0.5) is 0 Å². The second-order valence-corrected chi connectivity index (χ2v) is 5.75. The third-order valence-electron chi connectivity index (χ3n) is 2.96. The average Bonchev–Trinajstić information content (AvgIpc) is 2.54. The summed E-state index contributed by atoms with van der Waals surface area (Å²) in [5, 5.41) is 5.37. The topological polar surface area (TPSA) is 71.1 Å². The van der Waals surface area contributed by atoms with Crippen molar-refractivity contribution >= 4 is 34.4 Å². The van der Waals surface area contributed by atoms with Crippen LogP contribution in [-0.2, 0) is 11.2 Å². The Labute approximate surface area is 142 Å². The van der Waals surface area contributed by atoms with Gasteiger partial charge in [-0.25, -0.2) is 0 Å². The van der Waals surface area contributed by atoms with Gasteiger partial charge < -0.3 is 10.6 Å². The number of rotatable bonds is 6. The van der Waals surface area contributed by atoms with Crippen molar-refractivity contribution < 1.29 is 9.59 Å². The van der Waals surface area contributed by atoms with Gasteiger partial charge in [-0.05, 0) is 46.9 Å². The van der Waals surface area contributed by atoms with Crippen LogP contribution in [0.1, 0.15) is 16.1 Å². The van der Waals surface area contributed by atoms with E-state index in [9.17, 15) is 9.59 Å². The van der Waals surface area contributed by atoms with Crippen LogP contribution < -0.4 is 10.6 Å². The maximum Gasteiger partial charge on any atom is 0.252 e. The Morgan fingerprint density at radius 3 is 2.55 bits per heavy atom. The number of benzene rings is 1. The molecule has 0 spiro atoms. The summed E-state index contributed by atoms with van der Waals surface area (Å²) in [6.07, 6.45) is 2.38. The minimum Gasteiger partial charge on any atom is -0.354 e. The van der Waals surface area contributed by atoms with Crippen LogP contribution in [0.5, 0.6) is 0 Å². The Kier molecular flexibility index (Phi) is 6.32. The lowest BCUT2D eigenvalue weighted by molar-refractivity contribution is -0.120. The van der Waals surface area contributed by atoms with Gasteiger partial charge in [-0.2, -0.15) is 0 Å². The Morgan fingerprint density at radius 2 is 1.82 bits per heavy atom. The molecule has 22 heavy (non-hydrogen) atoms. The summed E-state index contributed by atoms with van der Waals surface area (Å²) in [6, 6.07) is 12.9. The molecule has 1 aromatic heterocycles. The minimum atomic E-state index is -0.245. The fraction of sp³-hybridized carbons (Fsp3) is 0.188. The molecule has 2 amide bonds. The van der Waals surface area contributed by atoms with E-state index in [1.807, 2.05) is 30.3 Å². The standard InChI is InChI=1S/C16H16IN3O2/c17-14-7-2-1-6-13(14)16(22)20-11-15(21)19-10-8-12-5-3-4-9-18-12/h1-7,9H,8,10-11H2,(H,19,21)(H,20,22). The highest BCUT2D eigenvalue weighted by atomic mass is 127. The molecule has 0 aliphatic rings. The van der Waals surface area contributed by atoms with E-state index in [1.54, 1.807) is 18.3 Å². The maximum absolute atomic E-state index is 12.0. The number of carbonyl (C=O) groups excluding carboxylic acids is 2. The Bertz CT molecular complexity index is 647. The summed E-state index contributed by atoms with van der Waals surface area (Å²) >= 11 is 2.09. The van der Waals surface area contributed by atoms with Crippen molar-refractivity contribution in [2.75, 3.05) is 13.1 Å². The summed E-state index contributed by atoms with van der Waals surface area (Å²) in [4.78, 5) is 27.8. The molecule has 0 aliphatic carbocycles. The minimum absolute atomic E-state index is 0.0357. The smallest absolute Gasteiger partial charge is 0.252 e. The highest BCUT2D eigenvalue weighted by Gasteiger charge is 2.10. The number of carbonyl (C=O) groups is 2. The number of hydrogen-bond acceptors (Lipinski definition) is 3. The molecule has 0 radical (unpaired) electrons. The fourth-order valence-corrected chi connectivity index (χ4v) is 2.47. The van der Waals surface area contributed by atoms with Gasteiger partial charge in [0.15, 0.2) is 0 Å². The number of aromatic nitrogens is 1. The summed E-state index contributed by atoms with van der Waals surface area (Å²) < 4.78 is 0.855. The normalized spacial score (nSPS) is 10.0. The molecular formula is C16H16IN3O2. The third-order valence-corrected chi connectivity index (χ3v) is 3.90. The largest absolute Gasteiger partial charge is 0.354 e. The average molecular weight is 409 g/mol. The van der Waals surface area contributed by atoms with E-state index in [1.165, 1.54) is 0 Å². The van der Waals surface area contributed by atoms with Gasteiger partial charge in [-0.1, -0.05) is 18.2 Å². The zero-order valence-corrected chi connectivity index (χ0v) is 14.0. The predicted molar refractivity (Wildman–Crippen MR) is 92.4 cm³/mol. The van der Waals surface area contributed by atoms with Gasteiger partial charge in [0, 0.05) is 28.4 Å². The molecule has 114 valence electrons. The SMILES string of the molecule is O=C(CNC(=O)c1ccccc1I)NCCc1ccccn1. The first-order valence-corrected chi connectivity index (χ1v) is 7.94. The highest BCUT2D eigenvalue weighted by molar-refractivity contribution is 14.1. The van der Waals surface area contributed by atoms with Crippen molar-refractivity contribution in [2.24, 2.45) is 0 Å². The van der Waals surface area contributed by atoms with Crippen LogP contribution in [0.25, 0.3) is 0 Å². The van der Waals surface area contributed by atoms with Crippen LogP contribution in [0, 0.1) is 3.57 Å². The maximum atomic E-state index is 12.0. The zero-order valence-electron chi connectivity index (χ0n) is 11.9. The Balaban J connectivity index is 1.72. The van der Waals surface area contributed by atoms with Crippen LogP contribution in [0.2, 0.25) is 0 Å². The predicted octanol–water partition coefficient (Wildman–Crippen LogP) is 1.77. The molecular weight excluding hydrogens is 393 g/mol. The number of amides is 2. The first-order chi connectivity index (χ1) is 10.7. The lowest BCUT2D eigenvalue weighted by atomic mass is 10.2. The molecule has 0 fully saturated rings. The molecule has 2 aromatic rings. The van der Waals surface area contributed by atoms with E-state index < -0.39 is 0 Å². The van der Waals surface area contributed by atoms with Gasteiger partial charge >= 0.3 is 0 Å². The fourth-order valence-electron chi connectivity index (χ4n) is 1.84. The van der Waals surface area contributed by atoms with Gasteiger partial charge in [0.1, 0.15) is 0 Å². The zero-order chi connectivity index (χ0) is 15.8. The number of nitrogens with zero attached hydrogens (tertiary/aromatic N) is 1. The molecule has 2 rings (SSSR count). The summed E-state index contributed by atoms with van der Waals surface area (Å²) in [6.45, 7) is 0.459. The van der Waals surface area contributed by atoms with Gasteiger partial charge in [-0.3, -0.25) is 14.6 Å². The number of hydrogen-bond donors (Lipinski definition) is 2. The summed E-state index contributed by atoms with van der Waals surface area (Å²) in [7, 11) is 0. The highest BCUT2D eigenvalue weighted by Crippen LogP contribution is 2.10. The van der Waals surface area contributed by atoms with Gasteiger partial charge in [0.05, 0.1) is 12.1 Å². The van der Waals surface area contributed by atoms with Crippen molar-refractivity contribution in [1.82, 2.24) is 15.6 Å². The van der Waals surface area contributed by atoms with E-state index >= 15 is 0 Å². The van der Waals surface area contributed by atoms with Crippen LogP contribution >= 0.6 is 22.6 Å². The van der Waals surface area contributed by atoms with Gasteiger partial charge in [0.25, 0.3) is 5.91 Å². The lowest BCUT2D eigenvalue weighted by Crippen LogP contribution is -2.37. The molecule has 6 heteroatoms. The van der Waals surface area contributed by atoms with E-state index in [2.05, 4.69) is 38.2 Å². The summed E-state index contributed by atoms with van der Waals surface area (Å²) in [5.74, 6) is -0.458. The monoisotopic (exact) mass is 409 g/mol. The van der Waals surface area contributed by atoms with E-state index in [4.69, 9.17) is 0 Å². The van der Waals surface area contributed by atoms with Crippen LogP contribution in [0.15, 0.2) is 48.7 Å². The molecule has 0 atom stereocenters. The van der Waals surface area contributed by atoms with E-state index in [0.717, 1.165) is 9.26 Å². The van der Waals surface area contributed by atoms with Crippen molar-refractivity contribution in [3.63, 3.8) is 0 Å². The van der Waals surface area contributed by atoms with Gasteiger partial charge in [0.2, 0.25) is 5.91 Å². The van der Waals surface area contributed by atoms with Crippen molar-refractivity contribution in [3.05, 3.63) is 63.5 Å². The van der Waals surface area contributed by atoms with Crippen LogP contribution in [-0.4, -0.2) is 29.9 Å². The first-order valence-electron chi connectivity index (χ1n) is 6.86. The molecule has 0 bridgehead atoms.